The minimum absolute atomic E-state index is 0.0606. The maximum Gasteiger partial charge on any atom is 0.354 e. The zero-order valence-corrected chi connectivity index (χ0v) is 13.7. The maximum atomic E-state index is 11.7. The second-order valence-corrected chi connectivity index (χ2v) is 5.79. The van der Waals surface area contributed by atoms with Crippen LogP contribution in [0.1, 0.15) is 16.2 Å². The molecule has 1 N–H and O–H groups in total. The maximum absolute atomic E-state index is 11.7. The molecule has 7 nitrogen and oxygen atoms in total. The van der Waals surface area contributed by atoms with Gasteiger partial charge in [0, 0.05) is 24.4 Å². The fraction of sp³-hybridized carbons (Fsp3) is 0.111. The summed E-state index contributed by atoms with van der Waals surface area (Å²) in [6, 6.07) is 11.2. The predicted octanol–water partition coefficient (Wildman–Crippen LogP) is 2.80. The number of carboxylic acid groups (broad SMARTS) is 1. The van der Waals surface area contributed by atoms with Crippen LogP contribution >= 0.6 is 0 Å². The molecule has 3 aromatic heterocycles. The molecule has 1 aromatic carbocycles. The van der Waals surface area contributed by atoms with Gasteiger partial charge in [0.05, 0.1) is 17.6 Å². The van der Waals surface area contributed by atoms with E-state index >= 15 is 0 Å². The number of hydrogen-bond acceptors (Lipinski definition) is 4. The van der Waals surface area contributed by atoms with Crippen molar-refractivity contribution in [2.24, 2.45) is 7.05 Å². The van der Waals surface area contributed by atoms with Crippen LogP contribution in [-0.2, 0) is 7.05 Å². The number of nitrogens with zero attached hydrogens (tertiary/aromatic N) is 5. The Bertz CT molecular complexity index is 1100. The van der Waals surface area contributed by atoms with Gasteiger partial charge in [-0.3, -0.25) is 4.68 Å². The molecule has 0 aliphatic rings. The number of hydrogen-bond donors (Lipinski definition) is 1. The summed E-state index contributed by atoms with van der Waals surface area (Å²) in [4.78, 5) is 16.4. The van der Waals surface area contributed by atoms with Crippen LogP contribution in [0.5, 0.6) is 0 Å². The highest BCUT2D eigenvalue weighted by Crippen LogP contribution is 2.28. The van der Waals surface area contributed by atoms with Gasteiger partial charge in [0.2, 0.25) is 0 Å². The molecule has 4 rings (SSSR count). The van der Waals surface area contributed by atoms with Gasteiger partial charge in [-0.1, -0.05) is 30.3 Å². The Morgan fingerprint density at radius 3 is 2.56 bits per heavy atom. The molecule has 0 saturated carbocycles. The third-order valence-electron chi connectivity index (χ3n) is 4.07. The van der Waals surface area contributed by atoms with Gasteiger partial charge >= 0.3 is 5.97 Å². The van der Waals surface area contributed by atoms with E-state index in [1.807, 2.05) is 50.5 Å². The molecule has 25 heavy (non-hydrogen) atoms. The molecule has 0 amide bonds. The number of aromatic nitrogens is 5. The Labute approximate surface area is 143 Å². The van der Waals surface area contributed by atoms with Crippen molar-refractivity contribution in [3.8, 4) is 22.4 Å². The van der Waals surface area contributed by atoms with Crippen molar-refractivity contribution in [3.05, 3.63) is 60.2 Å². The quantitative estimate of drug-likeness (QED) is 0.623. The Kier molecular flexibility index (Phi) is 3.35. The second kappa shape index (κ2) is 5.55. The normalized spacial score (nSPS) is 11.1. The first-order valence-electron chi connectivity index (χ1n) is 7.72. The van der Waals surface area contributed by atoms with E-state index in [1.165, 1.54) is 10.6 Å². The molecule has 0 saturated heterocycles. The van der Waals surface area contributed by atoms with E-state index in [9.17, 15) is 9.90 Å². The fourth-order valence-electron chi connectivity index (χ4n) is 2.93. The molecule has 124 valence electrons. The Balaban J connectivity index is 2.03. The Morgan fingerprint density at radius 2 is 1.92 bits per heavy atom. The van der Waals surface area contributed by atoms with Crippen LogP contribution in [0, 0.1) is 6.92 Å². The highest BCUT2D eigenvalue weighted by Gasteiger charge is 2.19. The molecule has 0 spiro atoms. The summed E-state index contributed by atoms with van der Waals surface area (Å²) >= 11 is 0. The fourth-order valence-corrected chi connectivity index (χ4v) is 2.93. The monoisotopic (exact) mass is 333 g/mol. The number of rotatable bonds is 3. The van der Waals surface area contributed by atoms with Gasteiger partial charge in [-0.2, -0.15) is 10.2 Å². The second-order valence-electron chi connectivity index (χ2n) is 5.79. The number of benzene rings is 1. The average molecular weight is 333 g/mol. The molecule has 0 bridgehead atoms. The van der Waals surface area contributed by atoms with E-state index in [4.69, 9.17) is 0 Å². The van der Waals surface area contributed by atoms with Crippen molar-refractivity contribution < 1.29 is 9.90 Å². The summed E-state index contributed by atoms with van der Waals surface area (Å²) < 4.78 is 3.05. The van der Waals surface area contributed by atoms with E-state index in [-0.39, 0.29) is 5.69 Å². The van der Waals surface area contributed by atoms with Crippen molar-refractivity contribution in [1.82, 2.24) is 24.4 Å². The van der Waals surface area contributed by atoms with Crippen LogP contribution in [-0.4, -0.2) is 35.5 Å². The predicted molar refractivity (Wildman–Crippen MR) is 92.3 cm³/mol. The number of fused-ring (bicyclic) bond motifs is 1. The van der Waals surface area contributed by atoms with E-state index in [0.29, 0.717) is 11.3 Å². The lowest BCUT2D eigenvalue weighted by atomic mass is 10.1. The van der Waals surface area contributed by atoms with Crippen LogP contribution < -0.4 is 0 Å². The van der Waals surface area contributed by atoms with Gasteiger partial charge in [-0.25, -0.2) is 14.3 Å². The van der Waals surface area contributed by atoms with Crippen molar-refractivity contribution in [2.45, 2.75) is 6.92 Å². The van der Waals surface area contributed by atoms with Crippen molar-refractivity contribution in [2.75, 3.05) is 0 Å². The molecule has 0 radical (unpaired) electrons. The molecule has 0 aliphatic carbocycles. The summed E-state index contributed by atoms with van der Waals surface area (Å²) in [5.74, 6) is -1.06. The SMILES string of the molecule is Cc1nn(C)cc1-c1cc(C(=O)O)n2ncc(-c3ccccc3)c2n1. The summed E-state index contributed by atoms with van der Waals surface area (Å²) in [7, 11) is 1.82. The third kappa shape index (κ3) is 2.46. The van der Waals surface area contributed by atoms with Crippen LogP contribution in [0.25, 0.3) is 28.0 Å². The lowest BCUT2D eigenvalue weighted by Gasteiger charge is -2.06. The first-order valence-corrected chi connectivity index (χ1v) is 7.72. The average Bonchev–Trinajstić information content (AvgIpc) is 3.17. The van der Waals surface area contributed by atoms with Crippen LogP contribution in [0.4, 0.5) is 0 Å². The van der Waals surface area contributed by atoms with E-state index in [0.717, 1.165) is 22.4 Å². The summed E-state index contributed by atoms with van der Waals surface area (Å²) in [6.07, 6.45) is 3.47. The number of carboxylic acids is 1. The Morgan fingerprint density at radius 1 is 1.16 bits per heavy atom. The molecule has 4 aromatic rings. The molecule has 0 aliphatic heterocycles. The molecule has 3 heterocycles. The largest absolute Gasteiger partial charge is 0.477 e. The zero-order valence-electron chi connectivity index (χ0n) is 13.7. The highest BCUT2D eigenvalue weighted by atomic mass is 16.4. The highest BCUT2D eigenvalue weighted by molar-refractivity contribution is 5.90. The van der Waals surface area contributed by atoms with E-state index in [2.05, 4.69) is 15.2 Å². The van der Waals surface area contributed by atoms with Crippen molar-refractivity contribution in [3.63, 3.8) is 0 Å². The smallest absolute Gasteiger partial charge is 0.354 e. The minimum Gasteiger partial charge on any atom is -0.477 e. The van der Waals surface area contributed by atoms with E-state index in [1.54, 1.807) is 10.9 Å². The van der Waals surface area contributed by atoms with Crippen molar-refractivity contribution in [1.29, 1.82) is 0 Å². The van der Waals surface area contributed by atoms with Crippen molar-refractivity contribution >= 4 is 11.6 Å². The first kappa shape index (κ1) is 15.1. The lowest BCUT2D eigenvalue weighted by Crippen LogP contribution is -2.08. The van der Waals surface area contributed by atoms with Gasteiger partial charge in [0.1, 0.15) is 0 Å². The first-order chi connectivity index (χ1) is 12.0. The van der Waals surface area contributed by atoms with Gasteiger partial charge in [-0.15, -0.1) is 0 Å². The molecule has 0 unspecified atom stereocenters. The standard InChI is InChI=1S/C18H15N5O2/c1-11-14(10-22(2)21-11)15-8-16(18(24)25)23-17(20-15)13(9-19-23)12-6-4-3-5-7-12/h3-10H,1-2H3,(H,24,25). The number of aryl methyl sites for hydroxylation is 2. The topological polar surface area (TPSA) is 85.3 Å². The zero-order chi connectivity index (χ0) is 17.6. The number of aromatic carboxylic acids is 1. The van der Waals surface area contributed by atoms with Crippen LogP contribution in [0.3, 0.4) is 0 Å². The molecular weight excluding hydrogens is 318 g/mol. The van der Waals surface area contributed by atoms with Gasteiger partial charge in [0.25, 0.3) is 0 Å². The summed E-state index contributed by atoms with van der Waals surface area (Å²) in [5, 5.41) is 18.1. The van der Waals surface area contributed by atoms with Crippen LogP contribution in [0.2, 0.25) is 0 Å². The lowest BCUT2D eigenvalue weighted by molar-refractivity contribution is 0.0687. The number of carbonyl (C=O) groups is 1. The molecule has 0 fully saturated rings. The Hall–Kier alpha value is -3.48. The van der Waals surface area contributed by atoms with Gasteiger partial charge < -0.3 is 5.11 Å². The molecule has 0 atom stereocenters. The van der Waals surface area contributed by atoms with E-state index < -0.39 is 5.97 Å². The molecule has 7 heteroatoms. The van der Waals surface area contributed by atoms with Gasteiger partial charge in [-0.05, 0) is 18.6 Å². The summed E-state index contributed by atoms with van der Waals surface area (Å²) in [6.45, 7) is 1.87. The third-order valence-corrected chi connectivity index (χ3v) is 4.07. The van der Waals surface area contributed by atoms with Crippen LogP contribution in [0.15, 0.2) is 48.8 Å². The molecular formula is C18H15N5O2. The summed E-state index contributed by atoms with van der Waals surface area (Å²) in [5.41, 5.74) is 4.43. The minimum atomic E-state index is -1.06. The van der Waals surface area contributed by atoms with Gasteiger partial charge in [0.15, 0.2) is 11.3 Å².